The number of hydrogen-bond acceptors (Lipinski definition) is 3. The minimum atomic E-state index is 0.115. The first-order chi connectivity index (χ1) is 12.3. The Labute approximate surface area is 145 Å². The van der Waals surface area contributed by atoms with Crippen molar-refractivity contribution in [3.63, 3.8) is 0 Å². The molecule has 1 N–H and O–H groups in total. The lowest BCUT2D eigenvalue weighted by molar-refractivity contribution is 0.476. The Balaban J connectivity index is 1.74. The zero-order valence-electron chi connectivity index (χ0n) is 13.5. The van der Waals surface area contributed by atoms with E-state index in [0.29, 0.717) is 5.69 Å². The Morgan fingerprint density at radius 1 is 0.560 bits per heavy atom. The maximum absolute atomic E-state index is 10.1. The van der Waals surface area contributed by atoms with E-state index in [4.69, 9.17) is 0 Å². The lowest BCUT2D eigenvalue weighted by Crippen LogP contribution is -1.77. The molecule has 120 valence electrons. The van der Waals surface area contributed by atoms with Crippen molar-refractivity contribution in [2.24, 2.45) is 10.2 Å². The SMILES string of the molecule is Oc1ccc(-c2ccccc2)cc1N=Nc1cccc2ccccc12. The summed E-state index contributed by atoms with van der Waals surface area (Å²) in [6.45, 7) is 0. The second-order valence-corrected chi connectivity index (χ2v) is 5.77. The molecule has 0 unspecified atom stereocenters. The highest BCUT2D eigenvalue weighted by Crippen LogP contribution is 2.34. The summed E-state index contributed by atoms with van der Waals surface area (Å²) in [6.07, 6.45) is 0. The molecule has 0 atom stereocenters. The lowest BCUT2D eigenvalue weighted by Gasteiger charge is -2.05. The molecule has 0 aliphatic rings. The predicted octanol–water partition coefficient (Wildman–Crippen LogP) is 6.63. The number of azo groups is 1. The highest BCUT2D eigenvalue weighted by Gasteiger charge is 2.05. The molecule has 0 amide bonds. The molecule has 0 aliphatic heterocycles. The molecule has 0 fully saturated rings. The van der Waals surface area contributed by atoms with Crippen LogP contribution in [0, 0.1) is 0 Å². The van der Waals surface area contributed by atoms with Crippen LogP contribution in [0.5, 0.6) is 5.75 Å². The summed E-state index contributed by atoms with van der Waals surface area (Å²) in [5.74, 6) is 0.115. The number of nitrogens with zero attached hydrogens (tertiary/aromatic N) is 2. The van der Waals surface area contributed by atoms with Gasteiger partial charge < -0.3 is 5.11 Å². The third-order valence-corrected chi connectivity index (χ3v) is 4.11. The van der Waals surface area contributed by atoms with Gasteiger partial charge in [-0.05, 0) is 34.7 Å². The average molecular weight is 324 g/mol. The minimum Gasteiger partial charge on any atom is -0.506 e. The summed E-state index contributed by atoms with van der Waals surface area (Å²) in [5.41, 5.74) is 3.30. The molecular weight excluding hydrogens is 308 g/mol. The lowest BCUT2D eigenvalue weighted by atomic mass is 10.1. The molecule has 4 aromatic rings. The fraction of sp³-hybridized carbons (Fsp3) is 0. The largest absolute Gasteiger partial charge is 0.506 e. The number of fused-ring (bicyclic) bond motifs is 1. The zero-order chi connectivity index (χ0) is 17.1. The summed E-state index contributed by atoms with van der Waals surface area (Å²) in [7, 11) is 0. The normalized spacial score (nSPS) is 11.2. The number of aromatic hydroxyl groups is 1. The van der Waals surface area contributed by atoms with Gasteiger partial charge in [-0.25, -0.2) is 0 Å². The molecule has 4 aromatic carbocycles. The van der Waals surface area contributed by atoms with Gasteiger partial charge in [0.1, 0.15) is 11.4 Å². The first-order valence-corrected chi connectivity index (χ1v) is 8.09. The quantitative estimate of drug-likeness (QED) is 0.422. The van der Waals surface area contributed by atoms with E-state index >= 15 is 0 Å². The highest BCUT2D eigenvalue weighted by atomic mass is 16.3. The van der Waals surface area contributed by atoms with Crippen LogP contribution in [-0.4, -0.2) is 5.11 Å². The Morgan fingerprint density at radius 2 is 1.28 bits per heavy atom. The van der Waals surface area contributed by atoms with Gasteiger partial charge in [-0.1, -0.05) is 72.8 Å². The van der Waals surface area contributed by atoms with Gasteiger partial charge in [-0.3, -0.25) is 0 Å². The Morgan fingerprint density at radius 3 is 2.16 bits per heavy atom. The van der Waals surface area contributed by atoms with E-state index in [1.165, 1.54) is 0 Å². The van der Waals surface area contributed by atoms with Gasteiger partial charge in [0.05, 0.1) is 5.69 Å². The van der Waals surface area contributed by atoms with E-state index in [2.05, 4.69) is 10.2 Å². The second kappa shape index (κ2) is 6.57. The van der Waals surface area contributed by atoms with Crippen molar-refractivity contribution < 1.29 is 5.11 Å². The van der Waals surface area contributed by atoms with Gasteiger partial charge in [0.25, 0.3) is 0 Å². The van der Waals surface area contributed by atoms with Crippen molar-refractivity contribution in [2.75, 3.05) is 0 Å². The van der Waals surface area contributed by atoms with Crippen molar-refractivity contribution in [3.8, 4) is 16.9 Å². The maximum Gasteiger partial charge on any atom is 0.143 e. The van der Waals surface area contributed by atoms with Gasteiger partial charge in [-0.15, -0.1) is 10.2 Å². The van der Waals surface area contributed by atoms with E-state index in [0.717, 1.165) is 27.6 Å². The minimum absolute atomic E-state index is 0.115. The molecule has 3 nitrogen and oxygen atoms in total. The molecule has 0 aliphatic carbocycles. The zero-order valence-corrected chi connectivity index (χ0v) is 13.5. The van der Waals surface area contributed by atoms with Crippen LogP contribution in [0.2, 0.25) is 0 Å². The Kier molecular flexibility index (Phi) is 3.97. The van der Waals surface area contributed by atoms with Crippen LogP contribution in [-0.2, 0) is 0 Å². The van der Waals surface area contributed by atoms with E-state index in [9.17, 15) is 5.11 Å². The molecule has 4 rings (SSSR count). The number of hydrogen-bond donors (Lipinski definition) is 1. The van der Waals surface area contributed by atoms with Crippen molar-refractivity contribution in [1.82, 2.24) is 0 Å². The summed E-state index contributed by atoms with van der Waals surface area (Å²) >= 11 is 0. The van der Waals surface area contributed by atoms with Crippen LogP contribution in [0.4, 0.5) is 11.4 Å². The molecular formula is C22H16N2O. The summed E-state index contributed by atoms with van der Waals surface area (Å²) < 4.78 is 0. The topological polar surface area (TPSA) is 45.0 Å². The smallest absolute Gasteiger partial charge is 0.143 e. The molecule has 0 spiro atoms. The molecule has 3 heteroatoms. The van der Waals surface area contributed by atoms with Crippen LogP contribution in [0.3, 0.4) is 0 Å². The van der Waals surface area contributed by atoms with Crippen LogP contribution >= 0.6 is 0 Å². The van der Waals surface area contributed by atoms with Crippen molar-refractivity contribution >= 4 is 22.1 Å². The molecule has 0 bridgehead atoms. The van der Waals surface area contributed by atoms with Gasteiger partial charge in [0, 0.05) is 5.39 Å². The van der Waals surface area contributed by atoms with Crippen molar-refractivity contribution in [1.29, 1.82) is 0 Å². The fourth-order valence-electron chi connectivity index (χ4n) is 2.82. The molecule has 0 heterocycles. The summed E-state index contributed by atoms with van der Waals surface area (Å²) in [5, 5.41) is 20.9. The average Bonchev–Trinajstić information content (AvgIpc) is 2.68. The highest BCUT2D eigenvalue weighted by molar-refractivity contribution is 5.92. The van der Waals surface area contributed by atoms with Crippen LogP contribution in [0.15, 0.2) is 101 Å². The van der Waals surface area contributed by atoms with Crippen LogP contribution in [0.25, 0.3) is 21.9 Å². The van der Waals surface area contributed by atoms with E-state index in [1.54, 1.807) is 6.07 Å². The number of phenols is 1. The van der Waals surface area contributed by atoms with Gasteiger partial charge in [0.15, 0.2) is 0 Å². The van der Waals surface area contributed by atoms with Crippen LogP contribution in [0.1, 0.15) is 0 Å². The van der Waals surface area contributed by atoms with E-state index in [1.807, 2.05) is 84.9 Å². The van der Waals surface area contributed by atoms with Gasteiger partial charge in [-0.2, -0.15) is 0 Å². The third-order valence-electron chi connectivity index (χ3n) is 4.11. The second-order valence-electron chi connectivity index (χ2n) is 5.77. The molecule has 0 saturated carbocycles. The summed E-state index contributed by atoms with van der Waals surface area (Å²) in [6, 6.07) is 29.3. The Hall–Kier alpha value is -3.46. The molecule has 25 heavy (non-hydrogen) atoms. The third kappa shape index (κ3) is 3.12. The van der Waals surface area contributed by atoms with E-state index < -0.39 is 0 Å². The first-order valence-electron chi connectivity index (χ1n) is 8.09. The predicted molar refractivity (Wildman–Crippen MR) is 102 cm³/mol. The molecule has 0 aromatic heterocycles. The van der Waals surface area contributed by atoms with Crippen LogP contribution < -0.4 is 0 Å². The fourth-order valence-corrected chi connectivity index (χ4v) is 2.82. The standard InChI is InChI=1S/C22H16N2O/c25-22-14-13-18(16-7-2-1-3-8-16)15-21(22)24-23-20-12-6-10-17-9-4-5-11-19(17)20/h1-15,25H. The van der Waals surface area contributed by atoms with Crippen molar-refractivity contribution in [2.45, 2.75) is 0 Å². The molecule has 0 saturated heterocycles. The molecule has 0 radical (unpaired) electrons. The van der Waals surface area contributed by atoms with Gasteiger partial charge >= 0.3 is 0 Å². The van der Waals surface area contributed by atoms with Crippen molar-refractivity contribution in [3.05, 3.63) is 91.0 Å². The monoisotopic (exact) mass is 324 g/mol. The van der Waals surface area contributed by atoms with E-state index in [-0.39, 0.29) is 5.75 Å². The Bertz CT molecular complexity index is 1050. The van der Waals surface area contributed by atoms with Gasteiger partial charge in [0.2, 0.25) is 0 Å². The number of rotatable bonds is 3. The first kappa shape index (κ1) is 15.1. The maximum atomic E-state index is 10.1. The number of phenolic OH excluding ortho intramolecular Hbond substituents is 1. The number of benzene rings is 4. The summed E-state index contributed by atoms with van der Waals surface area (Å²) in [4.78, 5) is 0.